The van der Waals surface area contributed by atoms with Crippen molar-refractivity contribution in [1.29, 1.82) is 0 Å². The second-order valence-corrected chi connectivity index (χ2v) is 3.43. The van der Waals surface area contributed by atoms with Gasteiger partial charge in [-0.15, -0.1) is 6.42 Å². The van der Waals surface area contributed by atoms with Gasteiger partial charge in [0.2, 0.25) is 0 Å². The Bertz CT molecular complexity index is 523. The van der Waals surface area contributed by atoms with Crippen LogP contribution < -0.4 is 0 Å². The zero-order valence-corrected chi connectivity index (χ0v) is 10.6. The molecule has 1 aromatic rings. The molecule has 0 saturated heterocycles. The maximum Gasteiger partial charge on any atom is 0.339 e. The number of carbonyl (C=O) groups is 2. The van der Waals surface area contributed by atoms with Crippen molar-refractivity contribution in [2.75, 3.05) is 13.2 Å². The average molecular weight is 258 g/mol. The first-order chi connectivity index (χ1) is 9.20. The third-order valence-electron chi connectivity index (χ3n) is 2.17. The predicted octanol–water partition coefficient (Wildman–Crippen LogP) is 2.21. The highest BCUT2D eigenvalue weighted by Gasteiger charge is 2.18. The van der Waals surface area contributed by atoms with Crippen LogP contribution in [0.3, 0.4) is 0 Å². The van der Waals surface area contributed by atoms with Crippen LogP contribution in [0, 0.1) is 12.3 Å². The van der Waals surface area contributed by atoms with Crippen LogP contribution in [0.4, 0.5) is 0 Å². The van der Waals surface area contributed by atoms with Gasteiger partial charge >= 0.3 is 11.9 Å². The van der Waals surface area contributed by atoms with Gasteiger partial charge in [-0.25, -0.2) is 9.59 Å². The molecule has 0 radical (unpaired) electrons. The van der Waals surface area contributed by atoms with E-state index in [9.17, 15) is 9.59 Å². The number of hydrogen-bond donors (Lipinski definition) is 0. The fraction of sp³-hybridized carbons (Fsp3) is 0.200. The van der Waals surface area contributed by atoms with Gasteiger partial charge < -0.3 is 9.47 Å². The van der Waals surface area contributed by atoms with Crippen LogP contribution >= 0.6 is 0 Å². The lowest BCUT2D eigenvalue weighted by Crippen LogP contribution is -2.14. The normalized spacial score (nSPS) is 9.89. The standard InChI is InChI=1S/C15H14O4/c1-3-5-8-11-19-15(17)13-10-7-6-9-12(13)14(16)18-4-2/h1,5-10H,4,11H2,2H3/b8-5+. The Morgan fingerprint density at radius 3 is 2.32 bits per heavy atom. The molecular formula is C15H14O4. The van der Waals surface area contributed by atoms with Gasteiger partial charge in [-0.2, -0.15) is 0 Å². The smallest absolute Gasteiger partial charge is 0.339 e. The lowest BCUT2D eigenvalue weighted by Gasteiger charge is -2.07. The summed E-state index contributed by atoms with van der Waals surface area (Å²) in [5, 5.41) is 0. The van der Waals surface area contributed by atoms with Gasteiger partial charge in [0.1, 0.15) is 6.61 Å². The minimum absolute atomic E-state index is 0.0557. The van der Waals surface area contributed by atoms with E-state index in [1.54, 1.807) is 19.1 Å². The highest BCUT2D eigenvalue weighted by molar-refractivity contribution is 6.03. The van der Waals surface area contributed by atoms with Gasteiger partial charge in [-0.05, 0) is 31.2 Å². The molecule has 0 bridgehead atoms. The van der Waals surface area contributed by atoms with Crippen molar-refractivity contribution in [3.63, 3.8) is 0 Å². The molecule has 0 unspecified atom stereocenters. The summed E-state index contributed by atoms with van der Waals surface area (Å²) in [6, 6.07) is 6.34. The maximum atomic E-state index is 11.8. The van der Waals surface area contributed by atoms with Crippen molar-refractivity contribution in [2.45, 2.75) is 6.92 Å². The van der Waals surface area contributed by atoms with Crippen molar-refractivity contribution < 1.29 is 19.1 Å². The van der Waals surface area contributed by atoms with Gasteiger partial charge in [0.15, 0.2) is 0 Å². The lowest BCUT2D eigenvalue weighted by atomic mass is 10.1. The van der Waals surface area contributed by atoms with E-state index < -0.39 is 11.9 Å². The second kappa shape index (κ2) is 7.72. The molecule has 0 aliphatic rings. The Hall–Kier alpha value is -2.54. The van der Waals surface area contributed by atoms with E-state index in [-0.39, 0.29) is 24.3 Å². The summed E-state index contributed by atoms with van der Waals surface area (Å²) in [4.78, 5) is 23.5. The van der Waals surface area contributed by atoms with Crippen molar-refractivity contribution >= 4 is 11.9 Å². The average Bonchev–Trinajstić information content (AvgIpc) is 2.43. The summed E-state index contributed by atoms with van der Waals surface area (Å²) < 4.78 is 9.84. The number of rotatable bonds is 5. The van der Waals surface area contributed by atoms with E-state index >= 15 is 0 Å². The SMILES string of the molecule is C#C/C=C/COC(=O)c1ccccc1C(=O)OCC. The van der Waals surface area contributed by atoms with Crippen molar-refractivity contribution in [3.05, 3.63) is 47.5 Å². The molecule has 0 amide bonds. The Morgan fingerprint density at radius 1 is 1.21 bits per heavy atom. The van der Waals surface area contributed by atoms with E-state index in [2.05, 4.69) is 5.92 Å². The molecule has 0 aliphatic heterocycles. The molecule has 19 heavy (non-hydrogen) atoms. The van der Waals surface area contributed by atoms with E-state index in [1.807, 2.05) is 0 Å². The molecule has 0 aliphatic carbocycles. The Morgan fingerprint density at radius 2 is 1.79 bits per heavy atom. The fourth-order valence-electron chi connectivity index (χ4n) is 1.37. The van der Waals surface area contributed by atoms with Gasteiger partial charge in [0.25, 0.3) is 0 Å². The molecular weight excluding hydrogens is 244 g/mol. The second-order valence-electron chi connectivity index (χ2n) is 3.43. The summed E-state index contributed by atoms with van der Waals surface area (Å²) in [7, 11) is 0. The molecule has 4 nitrogen and oxygen atoms in total. The first-order valence-electron chi connectivity index (χ1n) is 5.75. The van der Waals surface area contributed by atoms with Gasteiger partial charge in [0.05, 0.1) is 17.7 Å². The van der Waals surface area contributed by atoms with Gasteiger partial charge in [-0.3, -0.25) is 0 Å². The highest BCUT2D eigenvalue weighted by atomic mass is 16.5. The van der Waals surface area contributed by atoms with Crippen molar-refractivity contribution in [2.24, 2.45) is 0 Å². The largest absolute Gasteiger partial charge is 0.462 e. The quantitative estimate of drug-likeness (QED) is 0.600. The summed E-state index contributed by atoms with van der Waals surface area (Å²) in [6.07, 6.45) is 7.98. The van der Waals surface area contributed by atoms with Crippen LogP contribution in [-0.2, 0) is 9.47 Å². The molecule has 0 heterocycles. The molecule has 0 spiro atoms. The maximum absolute atomic E-state index is 11.8. The number of terminal acetylenes is 1. The molecule has 0 N–H and O–H groups in total. The van der Waals surface area contributed by atoms with Crippen LogP contribution in [0.25, 0.3) is 0 Å². The number of hydrogen-bond acceptors (Lipinski definition) is 4. The topological polar surface area (TPSA) is 52.6 Å². The monoisotopic (exact) mass is 258 g/mol. The number of ether oxygens (including phenoxy) is 2. The molecule has 1 aromatic carbocycles. The summed E-state index contributed by atoms with van der Waals surface area (Å²) in [5.41, 5.74) is 0.366. The third kappa shape index (κ3) is 4.32. The zero-order chi connectivity index (χ0) is 14.1. The van der Waals surface area contributed by atoms with Crippen LogP contribution in [0.15, 0.2) is 36.4 Å². The van der Waals surface area contributed by atoms with Crippen LogP contribution in [0.1, 0.15) is 27.6 Å². The molecule has 0 atom stereocenters. The Labute approximate surface area is 112 Å². The molecule has 0 aromatic heterocycles. The third-order valence-corrected chi connectivity index (χ3v) is 2.17. The zero-order valence-electron chi connectivity index (χ0n) is 10.6. The number of benzene rings is 1. The summed E-state index contributed by atoms with van der Waals surface area (Å²) in [6.45, 7) is 2.00. The molecule has 1 rings (SSSR count). The summed E-state index contributed by atoms with van der Waals surface area (Å²) >= 11 is 0. The number of allylic oxidation sites excluding steroid dienone is 1. The predicted molar refractivity (Wildman–Crippen MR) is 70.7 cm³/mol. The summed E-state index contributed by atoms with van der Waals surface area (Å²) in [5.74, 6) is 1.14. The van der Waals surface area contributed by atoms with Crippen molar-refractivity contribution in [3.8, 4) is 12.3 Å². The Kier molecular flexibility index (Phi) is 5.90. The van der Waals surface area contributed by atoms with E-state index in [1.165, 1.54) is 24.3 Å². The fourth-order valence-corrected chi connectivity index (χ4v) is 1.37. The number of esters is 2. The minimum Gasteiger partial charge on any atom is -0.462 e. The van der Waals surface area contributed by atoms with E-state index in [0.29, 0.717) is 0 Å². The van der Waals surface area contributed by atoms with E-state index in [0.717, 1.165) is 0 Å². The van der Waals surface area contributed by atoms with Crippen LogP contribution in [0.2, 0.25) is 0 Å². The first-order valence-corrected chi connectivity index (χ1v) is 5.75. The van der Waals surface area contributed by atoms with Crippen LogP contribution in [-0.4, -0.2) is 25.2 Å². The van der Waals surface area contributed by atoms with Gasteiger partial charge in [0, 0.05) is 0 Å². The molecule has 0 fully saturated rings. The highest BCUT2D eigenvalue weighted by Crippen LogP contribution is 2.12. The molecule has 98 valence electrons. The Balaban J connectivity index is 2.82. The molecule has 0 saturated carbocycles. The first kappa shape index (κ1) is 14.5. The van der Waals surface area contributed by atoms with Gasteiger partial charge in [-0.1, -0.05) is 18.1 Å². The van der Waals surface area contributed by atoms with E-state index in [4.69, 9.17) is 15.9 Å². The van der Waals surface area contributed by atoms with Crippen LogP contribution in [0.5, 0.6) is 0 Å². The van der Waals surface area contributed by atoms with Crippen molar-refractivity contribution in [1.82, 2.24) is 0 Å². The lowest BCUT2D eigenvalue weighted by molar-refractivity contribution is 0.0489. The number of carbonyl (C=O) groups excluding carboxylic acids is 2. The minimum atomic E-state index is -0.592. The molecule has 4 heteroatoms.